The van der Waals surface area contributed by atoms with Gasteiger partial charge < -0.3 is 0 Å². The highest BCUT2D eigenvalue weighted by molar-refractivity contribution is 6.17. The third-order valence-electron chi connectivity index (χ3n) is 1.67. The Morgan fingerprint density at radius 2 is 1.62 bits per heavy atom. The van der Waals surface area contributed by atoms with Gasteiger partial charge in [0.2, 0.25) is 0 Å². The van der Waals surface area contributed by atoms with Gasteiger partial charge in [0, 0.05) is 23.6 Å². The van der Waals surface area contributed by atoms with E-state index >= 15 is 0 Å². The largest absolute Gasteiger partial charge is 0.207 e. The molecule has 0 aliphatic heterocycles. The summed E-state index contributed by atoms with van der Waals surface area (Å²) in [5.41, 5.74) is -0.0953. The Balaban J connectivity index is 2.92. The van der Waals surface area contributed by atoms with E-state index in [1.54, 1.807) is 0 Å². The maximum atomic E-state index is 12.9. The molecule has 1 aromatic rings. The van der Waals surface area contributed by atoms with E-state index in [9.17, 15) is 13.2 Å². The zero-order valence-corrected chi connectivity index (χ0v) is 7.54. The molecule has 72 valence electrons. The second-order valence-corrected chi connectivity index (χ2v) is 3.02. The SMILES string of the molecule is Fc1cc(F)c(CCCCl)c(F)c1. The summed E-state index contributed by atoms with van der Waals surface area (Å²) in [4.78, 5) is 0. The lowest BCUT2D eigenvalue weighted by Gasteiger charge is -2.03. The molecule has 0 spiro atoms. The molecule has 0 N–H and O–H groups in total. The lowest BCUT2D eigenvalue weighted by atomic mass is 10.1. The van der Waals surface area contributed by atoms with Crippen molar-refractivity contribution in [3.8, 4) is 0 Å². The molecule has 0 aliphatic carbocycles. The average molecular weight is 209 g/mol. The molecular weight excluding hydrogens is 201 g/mol. The summed E-state index contributed by atoms with van der Waals surface area (Å²) in [5, 5.41) is 0. The van der Waals surface area contributed by atoms with Crippen LogP contribution in [0.2, 0.25) is 0 Å². The molecule has 0 saturated heterocycles. The van der Waals surface area contributed by atoms with Gasteiger partial charge in [-0.2, -0.15) is 0 Å². The van der Waals surface area contributed by atoms with E-state index in [0.717, 1.165) is 0 Å². The Kier molecular flexibility index (Phi) is 3.60. The van der Waals surface area contributed by atoms with E-state index in [1.807, 2.05) is 0 Å². The Morgan fingerprint density at radius 3 is 2.08 bits per heavy atom. The quantitative estimate of drug-likeness (QED) is 0.669. The van der Waals surface area contributed by atoms with E-state index in [1.165, 1.54) is 0 Å². The monoisotopic (exact) mass is 208 g/mol. The first-order chi connectivity index (χ1) is 6.15. The molecule has 0 atom stereocenters. The number of alkyl halides is 1. The van der Waals surface area contributed by atoms with Crippen molar-refractivity contribution in [3.05, 3.63) is 35.1 Å². The first kappa shape index (κ1) is 10.4. The number of rotatable bonds is 3. The van der Waals surface area contributed by atoms with Crippen LogP contribution in [0.1, 0.15) is 12.0 Å². The maximum absolute atomic E-state index is 12.9. The van der Waals surface area contributed by atoms with Crippen molar-refractivity contribution in [1.82, 2.24) is 0 Å². The lowest BCUT2D eigenvalue weighted by molar-refractivity contribution is 0.522. The summed E-state index contributed by atoms with van der Waals surface area (Å²) in [6, 6.07) is 1.35. The number of hydrogen-bond donors (Lipinski definition) is 0. The van der Waals surface area contributed by atoms with Crippen molar-refractivity contribution >= 4 is 11.6 Å². The van der Waals surface area contributed by atoms with Crippen molar-refractivity contribution in [2.24, 2.45) is 0 Å². The molecule has 0 unspecified atom stereocenters. The average Bonchev–Trinajstić information content (AvgIpc) is 2.02. The fourth-order valence-electron chi connectivity index (χ4n) is 1.05. The van der Waals surface area contributed by atoms with Crippen LogP contribution in [-0.2, 0) is 6.42 Å². The minimum Gasteiger partial charge on any atom is -0.207 e. The van der Waals surface area contributed by atoms with Gasteiger partial charge in [0.1, 0.15) is 17.5 Å². The standard InChI is InChI=1S/C9H8ClF3/c10-3-1-2-7-8(12)4-6(11)5-9(7)13/h4-5H,1-3H2. The van der Waals surface area contributed by atoms with Gasteiger partial charge in [-0.15, -0.1) is 11.6 Å². The predicted octanol–water partition coefficient (Wildman–Crippen LogP) is 3.28. The highest BCUT2D eigenvalue weighted by Gasteiger charge is 2.10. The molecule has 0 aromatic heterocycles. The Hall–Kier alpha value is -0.700. The molecule has 0 saturated carbocycles. The molecule has 4 heteroatoms. The summed E-state index contributed by atoms with van der Waals surface area (Å²) in [7, 11) is 0. The first-order valence-electron chi connectivity index (χ1n) is 3.84. The van der Waals surface area contributed by atoms with Gasteiger partial charge in [-0.1, -0.05) is 0 Å². The predicted molar refractivity (Wildman–Crippen MR) is 45.4 cm³/mol. The van der Waals surface area contributed by atoms with Crippen LogP contribution in [0.3, 0.4) is 0 Å². The summed E-state index contributed by atoms with van der Waals surface area (Å²) in [6.07, 6.45) is 0.669. The van der Waals surface area contributed by atoms with E-state index in [0.29, 0.717) is 24.4 Å². The zero-order chi connectivity index (χ0) is 9.84. The summed E-state index contributed by atoms with van der Waals surface area (Å²) in [5.74, 6) is -2.26. The summed E-state index contributed by atoms with van der Waals surface area (Å²) in [6.45, 7) is 0. The molecule has 0 aliphatic rings. The highest BCUT2D eigenvalue weighted by atomic mass is 35.5. The van der Waals surface area contributed by atoms with Gasteiger partial charge in [-0.3, -0.25) is 0 Å². The normalized spacial score (nSPS) is 10.5. The van der Waals surface area contributed by atoms with Gasteiger partial charge in [-0.25, -0.2) is 13.2 Å². The van der Waals surface area contributed by atoms with Crippen LogP contribution in [0.5, 0.6) is 0 Å². The van der Waals surface area contributed by atoms with Crippen LogP contribution in [0, 0.1) is 17.5 Å². The van der Waals surface area contributed by atoms with Crippen molar-refractivity contribution in [2.75, 3.05) is 5.88 Å². The van der Waals surface area contributed by atoms with Crippen molar-refractivity contribution in [1.29, 1.82) is 0 Å². The second-order valence-electron chi connectivity index (χ2n) is 2.64. The van der Waals surface area contributed by atoms with E-state index in [-0.39, 0.29) is 12.0 Å². The second kappa shape index (κ2) is 4.51. The van der Waals surface area contributed by atoms with Crippen LogP contribution in [0.4, 0.5) is 13.2 Å². The molecule has 1 aromatic carbocycles. The Labute approximate surface area is 79.3 Å². The topological polar surface area (TPSA) is 0 Å². The number of hydrogen-bond acceptors (Lipinski definition) is 0. The Morgan fingerprint density at radius 1 is 1.08 bits per heavy atom. The fraction of sp³-hybridized carbons (Fsp3) is 0.333. The van der Waals surface area contributed by atoms with E-state index in [4.69, 9.17) is 11.6 Å². The third-order valence-corrected chi connectivity index (χ3v) is 1.93. The molecule has 13 heavy (non-hydrogen) atoms. The number of halogens is 4. The van der Waals surface area contributed by atoms with Gasteiger partial charge in [-0.05, 0) is 12.8 Å². The van der Waals surface area contributed by atoms with Crippen LogP contribution < -0.4 is 0 Å². The van der Waals surface area contributed by atoms with Gasteiger partial charge in [0.05, 0.1) is 0 Å². The maximum Gasteiger partial charge on any atom is 0.132 e. The molecule has 0 bridgehead atoms. The van der Waals surface area contributed by atoms with Crippen molar-refractivity contribution in [3.63, 3.8) is 0 Å². The van der Waals surface area contributed by atoms with Crippen LogP contribution in [0.15, 0.2) is 12.1 Å². The van der Waals surface area contributed by atoms with Crippen LogP contribution in [0.25, 0.3) is 0 Å². The molecule has 0 nitrogen and oxygen atoms in total. The highest BCUT2D eigenvalue weighted by Crippen LogP contribution is 2.16. The van der Waals surface area contributed by atoms with Crippen molar-refractivity contribution < 1.29 is 13.2 Å². The minimum atomic E-state index is -0.898. The van der Waals surface area contributed by atoms with Crippen LogP contribution in [-0.4, -0.2) is 5.88 Å². The van der Waals surface area contributed by atoms with E-state index in [2.05, 4.69) is 0 Å². The molecule has 0 radical (unpaired) electrons. The van der Waals surface area contributed by atoms with Gasteiger partial charge in [0.15, 0.2) is 0 Å². The smallest absolute Gasteiger partial charge is 0.132 e. The minimum absolute atomic E-state index is 0.0953. The molecule has 0 amide bonds. The summed E-state index contributed by atoms with van der Waals surface area (Å²) < 4.78 is 38.2. The molecule has 0 heterocycles. The third kappa shape index (κ3) is 2.62. The molecule has 1 rings (SSSR count). The first-order valence-corrected chi connectivity index (χ1v) is 4.38. The van der Waals surface area contributed by atoms with Gasteiger partial charge in [0.25, 0.3) is 0 Å². The Bertz CT molecular complexity index is 276. The van der Waals surface area contributed by atoms with Crippen molar-refractivity contribution in [2.45, 2.75) is 12.8 Å². The zero-order valence-electron chi connectivity index (χ0n) is 6.79. The van der Waals surface area contributed by atoms with E-state index < -0.39 is 17.5 Å². The van der Waals surface area contributed by atoms with Gasteiger partial charge >= 0.3 is 0 Å². The molecular formula is C9H8ClF3. The summed E-state index contributed by atoms with van der Waals surface area (Å²) >= 11 is 5.37. The van der Waals surface area contributed by atoms with Crippen LogP contribution >= 0.6 is 11.6 Å². The lowest BCUT2D eigenvalue weighted by Crippen LogP contribution is -1.97. The fourth-order valence-corrected chi connectivity index (χ4v) is 1.19. The molecule has 0 fully saturated rings. The number of benzene rings is 1.